The number of carbonyl (C=O) groups is 2. The van der Waals surface area contributed by atoms with Crippen LogP contribution in [0.3, 0.4) is 0 Å². The molecule has 0 bridgehead atoms. The van der Waals surface area contributed by atoms with Gasteiger partial charge in [0.1, 0.15) is 0 Å². The lowest BCUT2D eigenvalue weighted by Gasteiger charge is -2.31. The highest BCUT2D eigenvalue weighted by Gasteiger charge is 2.19. The van der Waals surface area contributed by atoms with Crippen LogP contribution < -0.4 is 5.32 Å². The van der Waals surface area contributed by atoms with E-state index in [9.17, 15) is 9.59 Å². The molecule has 0 saturated carbocycles. The highest BCUT2D eigenvalue weighted by Crippen LogP contribution is 2.10. The lowest BCUT2D eigenvalue weighted by atomic mass is 10.0. The van der Waals surface area contributed by atoms with Gasteiger partial charge in [-0.2, -0.15) is 0 Å². The molecule has 0 aromatic carbocycles. The Morgan fingerprint density at radius 3 is 2.56 bits per heavy atom. The highest BCUT2D eigenvalue weighted by atomic mass is 16.5. The van der Waals surface area contributed by atoms with Crippen LogP contribution in [0.5, 0.6) is 0 Å². The minimum atomic E-state index is -0.120. The number of piperidine rings is 1. The molecule has 0 atom stereocenters. The number of hydrogen-bond donors (Lipinski definition) is 1. The van der Waals surface area contributed by atoms with Crippen molar-refractivity contribution >= 4 is 11.9 Å². The third-order valence-electron chi connectivity index (χ3n) is 3.24. The fourth-order valence-corrected chi connectivity index (χ4v) is 2.17. The van der Waals surface area contributed by atoms with Gasteiger partial charge < -0.3 is 15.0 Å². The summed E-state index contributed by atoms with van der Waals surface area (Å²) < 4.78 is 4.86. The van der Waals surface area contributed by atoms with Crippen LogP contribution in [0, 0.1) is 0 Å². The van der Waals surface area contributed by atoms with Gasteiger partial charge in [0.2, 0.25) is 5.91 Å². The molecule has 0 radical (unpaired) electrons. The maximum atomic E-state index is 11.2. The molecular formula is C13H24N2O3. The molecule has 5 heteroatoms. The summed E-state index contributed by atoms with van der Waals surface area (Å²) in [7, 11) is 0. The summed E-state index contributed by atoms with van der Waals surface area (Å²) in [6.45, 7) is 6.40. The second-order valence-corrected chi connectivity index (χ2v) is 4.64. The first-order chi connectivity index (χ1) is 8.63. The topological polar surface area (TPSA) is 58.6 Å². The standard InChI is InChI=1S/C13H24N2O3/c1-3-18-13(17)5-4-8-14-12-6-9-15(10-7-12)11(2)16/h12,14H,3-10H2,1-2H3. The van der Waals surface area contributed by atoms with Crippen molar-refractivity contribution in [1.82, 2.24) is 10.2 Å². The lowest BCUT2D eigenvalue weighted by molar-refractivity contribution is -0.143. The van der Waals surface area contributed by atoms with Gasteiger partial charge >= 0.3 is 5.97 Å². The van der Waals surface area contributed by atoms with Crippen molar-refractivity contribution in [3.63, 3.8) is 0 Å². The molecular weight excluding hydrogens is 232 g/mol. The van der Waals surface area contributed by atoms with Gasteiger partial charge in [-0.3, -0.25) is 9.59 Å². The van der Waals surface area contributed by atoms with Crippen molar-refractivity contribution < 1.29 is 14.3 Å². The summed E-state index contributed by atoms with van der Waals surface area (Å²) in [6.07, 6.45) is 3.29. The van der Waals surface area contributed by atoms with Crippen LogP contribution >= 0.6 is 0 Å². The number of carbonyl (C=O) groups excluding carboxylic acids is 2. The Morgan fingerprint density at radius 2 is 2.00 bits per heavy atom. The number of likely N-dealkylation sites (tertiary alicyclic amines) is 1. The fraction of sp³-hybridized carbons (Fsp3) is 0.846. The zero-order valence-corrected chi connectivity index (χ0v) is 11.4. The molecule has 1 aliphatic heterocycles. The summed E-state index contributed by atoms with van der Waals surface area (Å²) in [6, 6.07) is 0.475. The Labute approximate surface area is 109 Å². The molecule has 1 fully saturated rings. The lowest BCUT2D eigenvalue weighted by Crippen LogP contribution is -2.44. The molecule has 0 aromatic heterocycles. The van der Waals surface area contributed by atoms with Gasteiger partial charge in [0, 0.05) is 32.5 Å². The minimum absolute atomic E-state index is 0.120. The van der Waals surface area contributed by atoms with Crippen LogP contribution in [0.2, 0.25) is 0 Å². The molecule has 5 nitrogen and oxygen atoms in total. The first kappa shape index (κ1) is 15.0. The third-order valence-corrected chi connectivity index (χ3v) is 3.24. The van der Waals surface area contributed by atoms with E-state index in [1.807, 2.05) is 11.8 Å². The Hall–Kier alpha value is -1.10. The monoisotopic (exact) mass is 256 g/mol. The Bertz CT molecular complexity index is 273. The SMILES string of the molecule is CCOC(=O)CCCNC1CCN(C(C)=O)CC1. The van der Waals surface area contributed by atoms with E-state index >= 15 is 0 Å². The molecule has 1 rings (SSSR count). The maximum Gasteiger partial charge on any atom is 0.305 e. The van der Waals surface area contributed by atoms with Crippen molar-refractivity contribution in [2.45, 2.75) is 45.6 Å². The molecule has 1 N–H and O–H groups in total. The van der Waals surface area contributed by atoms with Crippen LogP contribution in [0.15, 0.2) is 0 Å². The Kier molecular flexibility index (Phi) is 6.72. The van der Waals surface area contributed by atoms with E-state index in [-0.39, 0.29) is 11.9 Å². The molecule has 0 unspecified atom stereocenters. The third kappa shape index (κ3) is 5.49. The van der Waals surface area contributed by atoms with Crippen molar-refractivity contribution in [3.05, 3.63) is 0 Å². The maximum absolute atomic E-state index is 11.2. The van der Waals surface area contributed by atoms with Crippen LogP contribution in [0.25, 0.3) is 0 Å². The van der Waals surface area contributed by atoms with Crippen molar-refractivity contribution in [1.29, 1.82) is 0 Å². The van der Waals surface area contributed by atoms with E-state index in [1.54, 1.807) is 6.92 Å². The van der Waals surface area contributed by atoms with E-state index in [0.29, 0.717) is 19.1 Å². The highest BCUT2D eigenvalue weighted by molar-refractivity contribution is 5.73. The Balaban J connectivity index is 2.04. The average Bonchev–Trinajstić information content (AvgIpc) is 2.35. The van der Waals surface area contributed by atoms with Crippen LogP contribution in [-0.4, -0.2) is 49.1 Å². The smallest absolute Gasteiger partial charge is 0.305 e. The summed E-state index contributed by atoms with van der Waals surface area (Å²) in [5.41, 5.74) is 0. The van der Waals surface area contributed by atoms with Gasteiger partial charge in [-0.25, -0.2) is 0 Å². The number of nitrogens with zero attached hydrogens (tertiary/aromatic N) is 1. The van der Waals surface area contributed by atoms with Gasteiger partial charge in [0.05, 0.1) is 6.61 Å². The summed E-state index contributed by atoms with van der Waals surface area (Å²) >= 11 is 0. The second-order valence-electron chi connectivity index (χ2n) is 4.64. The zero-order valence-electron chi connectivity index (χ0n) is 11.4. The Morgan fingerprint density at radius 1 is 1.33 bits per heavy atom. The summed E-state index contributed by atoms with van der Waals surface area (Å²) in [5, 5.41) is 3.43. The summed E-state index contributed by atoms with van der Waals surface area (Å²) in [4.78, 5) is 24.2. The average molecular weight is 256 g/mol. The molecule has 1 saturated heterocycles. The fourth-order valence-electron chi connectivity index (χ4n) is 2.17. The van der Waals surface area contributed by atoms with E-state index < -0.39 is 0 Å². The van der Waals surface area contributed by atoms with Gasteiger partial charge in [-0.1, -0.05) is 0 Å². The first-order valence-corrected chi connectivity index (χ1v) is 6.78. The number of rotatable bonds is 6. The van der Waals surface area contributed by atoms with Gasteiger partial charge in [0.25, 0.3) is 0 Å². The molecule has 1 aliphatic rings. The van der Waals surface area contributed by atoms with Crippen LogP contribution in [0.4, 0.5) is 0 Å². The van der Waals surface area contributed by atoms with E-state index in [4.69, 9.17) is 4.74 Å². The van der Waals surface area contributed by atoms with Gasteiger partial charge in [-0.15, -0.1) is 0 Å². The zero-order chi connectivity index (χ0) is 13.4. The first-order valence-electron chi connectivity index (χ1n) is 6.78. The second kappa shape index (κ2) is 8.08. The predicted octanol–water partition coefficient (Wildman–Crippen LogP) is 0.930. The molecule has 0 aliphatic carbocycles. The van der Waals surface area contributed by atoms with E-state index in [2.05, 4.69) is 5.32 Å². The molecule has 0 spiro atoms. The molecule has 104 valence electrons. The molecule has 1 amide bonds. The van der Waals surface area contributed by atoms with Crippen molar-refractivity contribution in [3.8, 4) is 0 Å². The summed E-state index contributed by atoms with van der Waals surface area (Å²) in [5.74, 6) is 0.0430. The van der Waals surface area contributed by atoms with Gasteiger partial charge in [-0.05, 0) is 32.7 Å². The minimum Gasteiger partial charge on any atom is -0.466 e. The van der Waals surface area contributed by atoms with Crippen molar-refractivity contribution in [2.24, 2.45) is 0 Å². The predicted molar refractivity (Wildman–Crippen MR) is 69.1 cm³/mol. The van der Waals surface area contributed by atoms with Crippen LogP contribution in [0.1, 0.15) is 39.5 Å². The van der Waals surface area contributed by atoms with Crippen LogP contribution in [-0.2, 0) is 14.3 Å². The van der Waals surface area contributed by atoms with E-state index in [1.165, 1.54) is 0 Å². The molecule has 1 heterocycles. The normalized spacial score (nSPS) is 16.7. The number of nitrogens with one attached hydrogen (secondary N) is 1. The largest absolute Gasteiger partial charge is 0.466 e. The van der Waals surface area contributed by atoms with E-state index in [0.717, 1.165) is 38.9 Å². The number of amides is 1. The molecule has 0 aromatic rings. The number of esters is 1. The van der Waals surface area contributed by atoms with Crippen molar-refractivity contribution in [2.75, 3.05) is 26.2 Å². The number of hydrogen-bond acceptors (Lipinski definition) is 4. The quantitative estimate of drug-likeness (QED) is 0.567. The van der Waals surface area contributed by atoms with Gasteiger partial charge in [0.15, 0.2) is 0 Å². The molecule has 18 heavy (non-hydrogen) atoms. The number of ether oxygens (including phenoxy) is 1.